The van der Waals surface area contributed by atoms with Crippen molar-refractivity contribution in [2.75, 3.05) is 13.1 Å². The van der Waals surface area contributed by atoms with Gasteiger partial charge in [0.15, 0.2) is 0 Å². The predicted molar refractivity (Wildman–Crippen MR) is 83.4 cm³/mol. The van der Waals surface area contributed by atoms with Crippen LogP contribution in [-0.2, 0) is 10.4 Å². The number of carbonyl (C=O) groups excluding carboxylic acids is 1. The van der Waals surface area contributed by atoms with E-state index in [2.05, 4.69) is 10.2 Å². The molecule has 0 spiro atoms. The minimum Gasteiger partial charge on any atom is -0.377 e. The SMILES string of the molecule is CC(=O)N1CC2=CC(O)(c3cc(Cl)cc4cn[nH]c34)C=C2C1. The van der Waals surface area contributed by atoms with E-state index in [9.17, 15) is 9.90 Å². The molecule has 0 bridgehead atoms. The number of nitrogens with one attached hydrogen (secondary N) is 1. The number of likely N-dealkylation sites (tertiary alicyclic amines) is 1. The Kier molecular flexibility index (Phi) is 2.74. The molecule has 6 heteroatoms. The molecule has 5 nitrogen and oxygen atoms in total. The first-order valence-electron chi connectivity index (χ1n) is 7.01. The number of benzene rings is 1. The summed E-state index contributed by atoms with van der Waals surface area (Å²) in [7, 11) is 0. The molecule has 1 saturated heterocycles. The van der Waals surface area contributed by atoms with E-state index in [4.69, 9.17) is 11.6 Å². The van der Waals surface area contributed by atoms with Gasteiger partial charge in [0.2, 0.25) is 5.91 Å². The van der Waals surface area contributed by atoms with Crippen LogP contribution in [0.2, 0.25) is 5.02 Å². The second kappa shape index (κ2) is 4.44. The van der Waals surface area contributed by atoms with E-state index in [1.54, 1.807) is 42.3 Å². The van der Waals surface area contributed by atoms with E-state index in [0.29, 0.717) is 23.7 Å². The molecule has 2 heterocycles. The molecule has 1 aromatic heterocycles. The number of amides is 1. The van der Waals surface area contributed by atoms with E-state index in [1.165, 1.54) is 0 Å². The zero-order valence-electron chi connectivity index (χ0n) is 11.9. The van der Waals surface area contributed by atoms with Gasteiger partial charge in [-0.25, -0.2) is 0 Å². The average Bonchev–Trinajstić information content (AvgIpc) is 3.10. The first-order chi connectivity index (χ1) is 10.5. The number of rotatable bonds is 1. The van der Waals surface area contributed by atoms with E-state index in [1.807, 2.05) is 0 Å². The van der Waals surface area contributed by atoms with Gasteiger partial charge in [0.05, 0.1) is 11.7 Å². The van der Waals surface area contributed by atoms with Crippen molar-refractivity contribution in [1.29, 1.82) is 0 Å². The normalized spacial score (nSPS) is 19.3. The number of hydrogen-bond donors (Lipinski definition) is 2. The zero-order chi connectivity index (χ0) is 15.5. The Hall–Kier alpha value is -2.11. The van der Waals surface area contributed by atoms with Crippen molar-refractivity contribution in [2.45, 2.75) is 12.5 Å². The molecule has 1 amide bonds. The number of H-pyrrole nitrogens is 1. The second-order valence-corrected chi connectivity index (χ2v) is 6.26. The van der Waals surface area contributed by atoms with Crippen LogP contribution in [0.3, 0.4) is 0 Å². The fourth-order valence-corrected chi connectivity index (χ4v) is 3.46. The van der Waals surface area contributed by atoms with Crippen LogP contribution in [0.15, 0.2) is 41.6 Å². The summed E-state index contributed by atoms with van der Waals surface area (Å²) in [5.41, 5.74) is 2.21. The Balaban J connectivity index is 1.81. The Morgan fingerprint density at radius 2 is 2.05 bits per heavy atom. The third kappa shape index (κ3) is 1.90. The van der Waals surface area contributed by atoms with Crippen molar-refractivity contribution in [2.24, 2.45) is 0 Å². The molecule has 2 N–H and O–H groups in total. The van der Waals surface area contributed by atoms with Crippen LogP contribution in [0.1, 0.15) is 12.5 Å². The average molecular weight is 316 g/mol. The molecule has 4 rings (SSSR count). The minimum atomic E-state index is -1.22. The fourth-order valence-electron chi connectivity index (χ4n) is 3.23. The maximum Gasteiger partial charge on any atom is 0.220 e. The lowest BCUT2D eigenvalue weighted by Crippen LogP contribution is -2.27. The Morgan fingerprint density at radius 1 is 1.36 bits per heavy atom. The molecule has 112 valence electrons. The molecule has 0 atom stereocenters. The summed E-state index contributed by atoms with van der Waals surface area (Å²) in [4.78, 5) is 13.2. The van der Waals surface area contributed by atoms with Gasteiger partial charge in [0, 0.05) is 36.0 Å². The molecule has 1 aromatic carbocycles. The highest BCUT2D eigenvalue weighted by Gasteiger charge is 2.38. The summed E-state index contributed by atoms with van der Waals surface area (Å²) < 4.78 is 0. The maximum atomic E-state index is 11.5. The topological polar surface area (TPSA) is 69.2 Å². The van der Waals surface area contributed by atoms with Crippen LogP contribution < -0.4 is 0 Å². The van der Waals surface area contributed by atoms with Crippen LogP contribution in [0.25, 0.3) is 10.9 Å². The largest absolute Gasteiger partial charge is 0.377 e. The van der Waals surface area contributed by atoms with Gasteiger partial charge in [-0.2, -0.15) is 5.10 Å². The smallest absolute Gasteiger partial charge is 0.220 e. The monoisotopic (exact) mass is 315 g/mol. The van der Waals surface area contributed by atoms with Gasteiger partial charge >= 0.3 is 0 Å². The number of fused-ring (bicyclic) bond motifs is 2. The molecule has 1 aliphatic carbocycles. The van der Waals surface area contributed by atoms with Crippen LogP contribution >= 0.6 is 11.6 Å². The van der Waals surface area contributed by atoms with E-state index in [0.717, 1.165) is 22.0 Å². The van der Waals surface area contributed by atoms with E-state index < -0.39 is 5.60 Å². The van der Waals surface area contributed by atoms with Crippen LogP contribution in [0.5, 0.6) is 0 Å². The molecule has 1 fully saturated rings. The summed E-state index contributed by atoms with van der Waals surface area (Å²) in [5, 5.41) is 19.4. The van der Waals surface area contributed by atoms with E-state index >= 15 is 0 Å². The Morgan fingerprint density at radius 3 is 2.68 bits per heavy atom. The molecule has 22 heavy (non-hydrogen) atoms. The van der Waals surface area contributed by atoms with Crippen LogP contribution in [-0.4, -0.2) is 39.2 Å². The number of halogens is 1. The number of carbonyl (C=O) groups is 1. The summed E-state index contributed by atoms with van der Waals surface area (Å²) in [6.45, 7) is 2.63. The van der Waals surface area contributed by atoms with Gasteiger partial charge < -0.3 is 10.0 Å². The lowest BCUT2D eigenvalue weighted by atomic mass is 9.93. The highest BCUT2D eigenvalue weighted by molar-refractivity contribution is 6.31. The van der Waals surface area contributed by atoms with E-state index in [-0.39, 0.29) is 5.91 Å². The van der Waals surface area contributed by atoms with Gasteiger partial charge in [-0.3, -0.25) is 9.89 Å². The number of aromatic amines is 1. The van der Waals surface area contributed by atoms with Gasteiger partial charge in [-0.05, 0) is 35.4 Å². The third-order valence-corrected chi connectivity index (χ3v) is 4.53. The van der Waals surface area contributed by atoms with Crippen LogP contribution in [0.4, 0.5) is 0 Å². The Bertz CT molecular complexity index is 843. The summed E-state index contributed by atoms with van der Waals surface area (Å²) in [6, 6.07) is 3.56. The molecular weight excluding hydrogens is 302 g/mol. The maximum absolute atomic E-state index is 11.5. The molecule has 0 saturated carbocycles. The van der Waals surface area contributed by atoms with Gasteiger partial charge in [0.25, 0.3) is 0 Å². The molecule has 1 aliphatic heterocycles. The standard InChI is InChI=1S/C16H14ClN3O2/c1-9(21)20-7-11-4-16(22,5-12(11)8-20)14-3-13(17)2-10-6-18-19-15(10)14/h2-6,22H,7-8H2,1H3,(H,18,19). The van der Waals surface area contributed by atoms with Crippen molar-refractivity contribution in [3.05, 3.63) is 52.2 Å². The number of hydrogen-bond acceptors (Lipinski definition) is 3. The quantitative estimate of drug-likeness (QED) is 0.847. The second-order valence-electron chi connectivity index (χ2n) is 5.83. The molecule has 2 aliphatic rings. The number of aliphatic hydroxyl groups is 1. The van der Waals surface area contributed by atoms with Crippen molar-refractivity contribution in [3.8, 4) is 0 Å². The minimum absolute atomic E-state index is 0.0402. The summed E-state index contributed by atoms with van der Waals surface area (Å²) >= 11 is 6.16. The van der Waals surface area contributed by atoms with Crippen LogP contribution in [0, 0.1) is 0 Å². The molecular formula is C16H14ClN3O2. The highest BCUT2D eigenvalue weighted by Crippen LogP contribution is 2.41. The van der Waals surface area contributed by atoms with Crippen molar-refractivity contribution >= 4 is 28.4 Å². The summed E-state index contributed by atoms with van der Waals surface area (Å²) in [6.07, 6.45) is 5.29. The van der Waals surface area contributed by atoms with Crippen molar-refractivity contribution in [3.63, 3.8) is 0 Å². The zero-order valence-corrected chi connectivity index (χ0v) is 12.7. The highest BCUT2D eigenvalue weighted by atomic mass is 35.5. The number of nitrogens with zero attached hydrogens (tertiary/aromatic N) is 2. The third-order valence-electron chi connectivity index (χ3n) is 4.31. The molecule has 0 radical (unpaired) electrons. The van der Waals surface area contributed by atoms with Gasteiger partial charge in [-0.1, -0.05) is 11.6 Å². The molecule has 0 unspecified atom stereocenters. The lowest BCUT2D eigenvalue weighted by molar-refractivity contribution is -0.127. The predicted octanol–water partition coefficient (Wildman–Crippen LogP) is 2.13. The number of aromatic nitrogens is 2. The lowest BCUT2D eigenvalue weighted by Gasteiger charge is -2.21. The van der Waals surface area contributed by atoms with Gasteiger partial charge in [-0.15, -0.1) is 0 Å². The van der Waals surface area contributed by atoms with Crippen molar-refractivity contribution < 1.29 is 9.90 Å². The Labute approximate surface area is 131 Å². The first kappa shape index (κ1) is 13.5. The van der Waals surface area contributed by atoms with Crippen molar-refractivity contribution in [1.82, 2.24) is 15.1 Å². The first-order valence-corrected chi connectivity index (χ1v) is 7.39. The fraction of sp³-hybridized carbons (Fsp3) is 0.250. The summed E-state index contributed by atoms with van der Waals surface area (Å²) in [5.74, 6) is 0.0402. The molecule has 2 aromatic rings. The van der Waals surface area contributed by atoms with Gasteiger partial charge in [0.1, 0.15) is 5.60 Å².